The van der Waals surface area contributed by atoms with Gasteiger partial charge in [0.2, 0.25) is 5.91 Å². The maximum absolute atomic E-state index is 12.9. The first kappa shape index (κ1) is 21.9. The van der Waals surface area contributed by atoms with E-state index in [0.717, 1.165) is 10.7 Å². The lowest BCUT2D eigenvalue weighted by molar-refractivity contribution is -0.142. The van der Waals surface area contributed by atoms with Crippen molar-refractivity contribution >= 4 is 35.5 Å². The summed E-state index contributed by atoms with van der Waals surface area (Å²) in [5.74, 6) is -1.31. The van der Waals surface area contributed by atoms with Gasteiger partial charge in [0.05, 0.1) is 11.1 Å². The second kappa shape index (κ2) is 9.73. The van der Waals surface area contributed by atoms with Gasteiger partial charge in [0.15, 0.2) is 0 Å². The van der Waals surface area contributed by atoms with Crippen molar-refractivity contribution in [1.82, 2.24) is 10.2 Å². The van der Waals surface area contributed by atoms with E-state index in [9.17, 15) is 24.3 Å². The fourth-order valence-corrected chi connectivity index (χ4v) is 3.83. The Balaban J connectivity index is 2.23. The zero-order valence-corrected chi connectivity index (χ0v) is 17.1. The van der Waals surface area contributed by atoms with Gasteiger partial charge < -0.3 is 10.4 Å². The lowest BCUT2D eigenvalue weighted by Gasteiger charge is -2.28. The molecule has 0 spiro atoms. The molecular weight excluding hydrogens is 380 g/mol. The number of carboxylic acids is 1. The van der Waals surface area contributed by atoms with Crippen LogP contribution >= 0.6 is 11.8 Å². The maximum atomic E-state index is 12.9. The van der Waals surface area contributed by atoms with Gasteiger partial charge >= 0.3 is 5.97 Å². The predicted molar refractivity (Wildman–Crippen MR) is 107 cm³/mol. The van der Waals surface area contributed by atoms with Gasteiger partial charge in [0.25, 0.3) is 11.8 Å². The smallest absolute Gasteiger partial charge is 0.326 e. The van der Waals surface area contributed by atoms with Crippen LogP contribution < -0.4 is 5.32 Å². The molecule has 3 amide bonds. The molecule has 152 valence electrons. The standard InChI is InChI=1S/C20H26N2O5S/c1-4-28-10-9-15(20(26)27)21-17(23)16(11-12(2)3)22-18(24)13-7-5-6-8-14(13)19(22)25/h5-8,12,15-16H,4,9-11H2,1-3H3,(H,21,23)(H,26,27). The van der Waals surface area contributed by atoms with E-state index in [4.69, 9.17) is 0 Å². The molecule has 1 aromatic carbocycles. The molecule has 0 aromatic heterocycles. The Kier molecular flexibility index (Phi) is 7.62. The highest BCUT2D eigenvalue weighted by atomic mass is 32.2. The van der Waals surface area contributed by atoms with Crippen LogP contribution in [0.1, 0.15) is 54.3 Å². The predicted octanol–water partition coefficient (Wildman–Crippen LogP) is 2.41. The first-order valence-corrected chi connectivity index (χ1v) is 10.5. The van der Waals surface area contributed by atoms with Crippen LogP contribution in [-0.2, 0) is 9.59 Å². The molecule has 2 rings (SSSR count). The van der Waals surface area contributed by atoms with Gasteiger partial charge in [-0.05, 0) is 42.4 Å². The molecule has 1 aliphatic rings. The number of thioether (sulfide) groups is 1. The highest BCUT2D eigenvalue weighted by molar-refractivity contribution is 7.99. The summed E-state index contributed by atoms with van der Waals surface area (Å²) in [6.07, 6.45) is 0.531. The second-order valence-electron chi connectivity index (χ2n) is 7.06. The normalized spacial score (nSPS) is 15.5. The molecule has 0 radical (unpaired) electrons. The van der Waals surface area contributed by atoms with Crippen LogP contribution in [0.4, 0.5) is 0 Å². The summed E-state index contributed by atoms with van der Waals surface area (Å²) in [5.41, 5.74) is 0.534. The molecule has 1 aliphatic heterocycles. The molecule has 1 aromatic rings. The number of nitrogens with one attached hydrogen (secondary N) is 1. The van der Waals surface area contributed by atoms with E-state index in [1.54, 1.807) is 36.0 Å². The van der Waals surface area contributed by atoms with Crippen molar-refractivity contribution in [3.05, 3.63) is 35.4 Å². The number of carboxylic acid groups (broad SMARTS) is 1. The lowest BCUT2D eigenvalue weighted by atomic mass is 10.0. The van der Waals surface area contributed by atoms with Crippen LogP contribution in [-0.4, -0.2) is 57.3 Å². The van der Waals surface area contributed by atoms with Crippen molar-refractivity contribution in [2.75, 3.05) is 11.5 Å². The van der Waals surface area contributed by atoms with Gasteiger partial charge in [-0.1, -0.05) is 32.9 Å². The van der Waals surface area contributed by atoms with Gasteiger partial charge in [-0.25, -0.2) is 4.79 Å². The highest BCUT2D eigenvalue weighted by Gasteiger charge is 2.43. The molecule has 2 atom stereocenters. The molecular formula is C20H26N2O5S. The summed E-state index contributed by atoms with van der Waals surface area (Å²) in [5, 5.41) is 12.0. The van der Waals surface area contributed by atoms with Crippen molar-refractivity contribution in [2.45, 2.75) is 45.7 Å². The molecule has 0 saturated carbocycles. The number of hydrogen-bond donors (Lipinski definition) is 2. The lowest BCUT2D eigenvalue weighted by Crippen LogP contribution is -2.53. The SMILES string of the molecule is CCSCCC(NC(=O)C(CC(C)C)N1C(=O)c2ccccc2C1=O)C(=O)O. The number of hydrogen-bond acceptors (Lipinski definition) is 5. The number of aliphatic carboxylic acids is 1. The molecule has 0 fully saturated rings. The van der Waals surface area contributed by atoms with Crippen molar-refractivity contribution in [1.29, 1.82) is 0 Å². The number of carbonyl (C=O) groups excluding carboxylic acids is 3. The third-order valence-corrected chi connectivity index (χ3v) is 5.44. The van der Waals surface area contributed by atoms with Crippen LogP contribution in [0.5, 0.6) is 0 Å². The molecule has 0 aliphatic carbocycles. The van der Waals surface area contributed by atoms with Crippen LogP contribution in [0.15, 0.2) is 24.3 Å². The van der Waals surface area contributed by atoms with E-state index in [-0.39, 0.29) is 29.9 Å². The fraction of sp³-hybridized carbons (Fsp3) is 0.500. The quantitative estimate of drug-likeness (QED) is 0.457. The molecule has 7 nitrogen and oxygen atoms in total. The monoisotopic (exact) mass is 406 g/mol. The Labute approximate surface area is 168 Å². The molecule has 1 heterocycles. The average molecular weight is 407 g/mol. The minimum Gasteiger partial charge on any atom is -0.480 e. The topological polar surface area (TPSA) is 104 Å². The van der Waals surface area contributed by atoms with Gasteiger partial charge in [0.1, 0.15) is 12.1 Å². The van der Waals surface area contributed by atoms with E-state index < -0.39 is 35.8 Å². The first-order chi connectivity index (χ1) is 13.3. The van der Waals surface area contributed by atoms with Gasteiger partial charge in [-0.3, -0.25) is 19.3 Å². The summed E-state index contributed by atoms with van der Waals surface area (Å²) in [4.78, 5) is 51.0. The third-order valence-electron chi connectivity index (χ3n) is 4.50. The summed E-state index contributed by atoms with van der Waals surface area (Å²) >= 11 is 1.58. The Morgan fingerprint density at radius 1 is 1.14 bits per heavy atom. The molecule has 2 N–H and O–H groups in total. The Morgan fingerprint density at radius 2 is 1.71 bits per heavy atom. The van der Waals surface area contributed by atoms with Crippen molar-refractivity contribution in [3.8, 4) is 0 Å². The number of imide groups is 1. The molecule has 8 heteroatoms. The van der Waals surface area contributed by atoms with Crippen LogP contribution in [0.3, 0.4) is 0 Å². The number of amides is 3. The number of rotatable bonds is 10. The first-order valence-electron chi connectivity index (χ1n) is 9.35. The third kappa shape index (κ3) is 4.92. The summed E-state index contributed by atoms with van der Waals surface area (Å²) in [6, 6.07) is 4.34. The second-order valence-corrected chi connectivity index (χ2v) is 8.45. The molecule has 2 unspecified atom stereocenters. The fourth-order valence-electron chi connectivity index (χ4n) is 3.14. The minimum absolute atomic E-state index is 0.0268. The van der Waals surface area contributed by atoms with Crippen LogP contribution in [0, 0.1) is 5.92 Å². The summed E-state index contributed by atoms with van der Waals surface area (Å²) in [6.45, 7) is 5.73. The van der Waals surface area contributed by atoms with E-state index in [2.05, 4.69) is 5.32 Å². The summed E-state index contributed by atoms with van der Waals surface area (Å²) in [7, 11) is 0. The number of carbonyl (C=O) groups is 4. The largest absolute Gasteiger partial charge is 0.480 e. The van der Waals surface area contributed by atoms with Crippen molar-refractivity contribution in [3.63, 3.8) is 0 Å². The van der Waals surface area contributed by atoms with Crippen LogP contribution in [0.2, 0.25) is 0 Å². The number of nitrogens with zero attached hydrogens (tertiary/aromatic N) is 1. The Bertz CT molecular complexity index is 730. The van der Waals surface area contributed by atoms with Crippen LogP contribution in [0.25, 0.3) is 0 Å². The van der Waals surface area contributed by atoms with Crippen molar-refractivity contribution in [2.24, 2.45) is 5.92 Å². The van der Waals surface area contributed by atoms with E-state index in [0.29, 0.717) is 5.75 Å². The number of benzene rings is 1. The Morgan fingerprint density at radius 3 is 2.18 bits per heavy atom. The summed E-state index contributed by atoms with van der Waals surface area (Å²) < 4.78 is 0. The van der Waals surface area contributed by atoms with Gasteiger partial charge in [-0.15, -0.1) is 0 Å². The molecule has 0 bridgehead atoms. The number of fused-ring (bicyclic) bond motifs is 1. The van der Waals surface area contributed by atoms with E-state index in [1.807, 2.05) is 20.8 Å². The molecule has 28 heavy (non-hydrogen) atoms. The highest BCUT2D eigenvalue weighted by Crippen LogP contribution is 2.27. The zero-order chi connectivity index (χ0) is 20.8. The molecule has 0 saturated heterocycles. The van der Waals surface area contributed by atoms with Gasteiger partial charge in [-0.2, -0.15) is 11.8 Å². The van der Waals surface area contributed by atoms with Crippen molar-refractivity contribution < 1.29 is 24.3 Å². The average Bonchev–Trinajstić information content (AvgIpc) is 2.90. The minimum atomic E-state index is -1.13. The van der Waals surface area contributed by atoms with Gasteiger partial charge in [0, 0.05) is 0 Å². The van der Waals surface area contributed by atoms with E-state index in [1.165, 1.54) is 0 Å². The van der Waals surface area contributed by atoms with E-state index >= 15 is 0 Å². The zero-order valence-electron chi connectivity index (χ0n) is 16.3. The Hall–Kier alpha value is -2.35. The maximum Gasteiger partial charge on any atom is 0.326 e.